The van der Waals surface area contributed by atoms with Crippen LogP contribution in [0.5, 0.6) is 0 Å². The molecule has 1 aromatic carbocycles. The maximum absolute atomic E-state index is 12.3. The van der Waals surface area contributed by atoms with Crippen molar-refractivity contribution >= 4 is 10.1 Å². The van der Waals surface area contributed by atoms with Crippen molar-refractivity contribution in [2.24, 2.45) is 0 Å². The Morgan fingerprint density at radius 2 is 2.00 bits per heavy atom. The molecule has 0 unspecified atom stereocenters. The van der Waals surface area contributed by atoms with E-state index in [1.54, 1.807) is 12.1 Å². The number of benzene rings is 1. The second-order valence-corrected chi connectivity index (χ2v) is 6.50. The van der Waals surface area contributed by atoms with E-state index in [2.05, 4.69) is 0 Å². The normalized spacial score (nSPS) is 20.7. The van der Waals surface area contributed by atoms with Gasteiger partial charge in [0.15, 0.2) is 0 Å². The van der Waals surface area contributed by atoms with E-state index in [-0.39, 0.29) is 18.0 Å². The Labute approximate surface area is 117 Å². The Morgan fingerprint density at radius 1 is 1.35 bits per heavy atom. The lowest BCUT2D eigenvalue weighted by molar-refractivity contribution is 0.0937. The molecule has 112 valence electrons. The van der Waals surface area contributed by atoms with Crippen LogP contribution in [0, 0.1) is 6.92 Å². The maximum atomic E-state index is 12.3. The van der Waals surface area contributed by atoms with Gasteiger partial charge in [0.2, 0.25) is 0 Å². The van der Waals surface area contributed by atoms with Crippen LogP contribution in [-0.4, -0.2) is 45.5 Å². The molecule has 1 atom stereocenters. The van der Waals surface area contributed by atoms with Crippen molar-refractivity contribution in [3.05, 3.63) is 29.8 Å². The molecular formula is C13H17F2NO3S. The van der Waals surface area contributed by atoms with E-state index in [0.717, 1.165) is 5.56 Å². The molecule has 0 aromatic heterocycles. The van der Waals surface area contributed by atoms with Crippen LogP contribution in [0.3, 0.4) is 0 Å². The summed E-state index contributed by atoms with van der Waals surface area (Å²) < 4.78 is 53.7. The molecule has 4 nitrogen and oxygen atoms in total. The van der Waals surface area contributed by atoms with Gasteiger partial charge in [-0.25, -0.2) is 8.78 Å². The van der Waals surface area contributed by atoms with E-state index in [1.807, 2.05) is 6.92 Å². The van der Waals surface area contributed by atoms with Crippen LogP contribution in [0.2, 0.25) is 0 Å². The van der Waals surface area contributed by atoms with Gasteiger partial charge in [0.1, 0.15) is 0 Å². The van der Waals surface area contributed by atoms with Gasteiger partial charge >= 0.3 is 0 Å². The molecule has 0 aliphatic carbocycles. The van der Waals surface area contributed by atoms with Gasteiger partial charge < -0.3 is 0 Å². The van der Waals surface area contributed by atoms with Crippen molar-refractivity contribution in [3.8, 4) is 0 Å². The molecule has 1 heterocycles. The summed E-state index contributed by atoms with van der Waals surface area (Å²) in [5, 5.41) is 0. The standard InChI is InChI=1S/C13H17F2NO3S/c1-10-2-4-12(5-3-10)20(17,18)19-11-6-7-16(8-11)9-13(14)15/h2-5,11,13H,6-9H2,1H3/t11-/m0/s1. The smallest absolute Gasteiger partial charge is 0.295 e. The predicted octanol–water partition coefficient (Wildman–Crippen LogP) is 2.04. The molecule has 0 N–H and O–H groups in total. The average molecular weight is 305 g/mol. The molecule has 1 aromatic rings. The number of alkyl halides is 2. The fourth-order valence-electron chi connectivity index (χ4n) is 2.18. The molecule has 0 radical (unpaired) electrons. The van der Waals surface area contributed by atoms with Crippen LogP contribution in [0.15, 0.2) is 29.2 Å². The van der Waals surface area contributed by atoms with Crippen molar-refractivity contribution in [3.63, 3.8) is 0 Å². The molecule has 7 heteroatoms. The monoisotopic (exact) mass is 305 g/mol. The van der Waals surface area contributed by atoms with Gasteiger partial charge in [-0.3, -0.25) is 9.08 Å². The van der Waals surface area contributed by atoms with E-state index >= 15 is 0 Å². The number of likely N-dealkylation sites (tertiary alicyclic amines) is 1. The number of rotatable bonds is 5. The number of halogens is 2. The van der Waals surface area contributed by atoms with Crippen molar-refractivity contribution in [1.29, 1.82) is 0 Å². The van der Waals surface area contributed by atoms with Crippen molar-refractivity contribution < 1.29 is 21.4 Å². The fraction of sp³-hybridized carbons (Fsp3) is 0.538. The van der Waals surface area contributed by atoms with E-state index in [1.165, 1.54) is 17.0 Å². The molecule has 2 rings (SSSR count). The lowest BCUT2D eigenvalue weighted by Gasteiger charge is -2.15. The molecule has 1 fully saturated rings. The average Bonchev–Trinajstić information content (AvgIpc) is 2.75. The molecule has 0 spiro atoms. The van der Waals surface area contributed by atoms with Gasteiger partial charge in [-0.05, 0) is 25.5 Å². The Kier molecular flexibility index (Phi) is 4.72. The van der Waals surface area contributed by atoms with Crippen LogP contribution in [0.4, 0.5) is 8.78 Å². The number of hydrogen-bond donors (Lipinski definition) is 0. The molecule has 20 heavy (non-hydrogen) atoms. The largest absolute Gasteiger partial charge is 0.297 e. The zero-order valence-corrected chi connectivity index (χ0v) is 11.9. The first-order chi connectivity index (χ1) is 9.37. The van der Waals surface area contributed by atoms with Gasteiger partial charge in [0, 0.05) is 13.1 Å². The van der Waals surface area contributed by atoms with Gasteiger partial charge in [-0.1, -0.05) is 17.7 Å². The zero-order chi connectivity index (χ0) is 14.8. The molecule has 1 aliphatic heterocycles. The predicted molar refractivity (Wildman–Crippen MR) is 70.3 cm³/mol. The third kappa shape index (κ3) is 3.97. The third-order valence-corrected chi connectivity index (χ3v) is 4.57. The van der Waals surface area contributed by atoms with Crippen molar-refractivity contribution in [2.75, 3.05) is 19.6 Å². The highest BCUT2D eigenvalue weighted by Crippen LogP contribution is 2.20. The Hall–Kier alpha value is -1.05. The molecule has 1 saturated heterocycles. The highest BCUT2D eigenvalue weighted by molar-refractivity contribution is 7.86. The first kappa shape index (κ1) is 15.3. The highest BCUT2D eigenvalue weighted by atomic mass is 32.2. The van der Waals surface area contributed by atoms with Crippen LogP contribution in [0.1, 0.15) is 12.0 Å². The van der Waals surface area contributed by atoms with Crippen LogP contribution in [0.25, 0.3) is 0 Å². The fourth-order valence-corrected chi connectivity index (χ4v) is 3.27. The van der Waals surface area contributed by atoms with Crippen molar-refractivity contribution in [2.45, 2.75) is 30.8 Å². The second-order valence-electron chi connectivity index (χ2n) is 4.92. The van der Waals surface area contributed by atoms with E-state index in [9.17, 15) is 17.2 Å². The van der Waals surface area contributed by atoms with Gasteiger partial charge in [-0.2, -0.15) is 8.42 Å². The maximum Gasteiger partial charge on any atom is 0.297 e. The summed E-state index contributed by atoms with van der Waals surface area (Å²) in [4.78, 5) is 1.61. The minimum absolute atomic E-state index is 0.0930. The summed E-state index contributed by atoms with van der Waals surface area (Å²) in [6, 6.07) is 6.34. The summed E-state index contributed by atoms with van der Waals surface area (Å²) in [5.74, 6) is 0. The molecule has 0 amide bonds. The minimum atomic E-state index is -3.83. The van der Waals surface area contributed by atoms with Gasteiger partial charge in [0.25, 0.3) is 16.5 Å². The lowest BCUT2D eigenvalue weighted by Crippen LogP contribution is -2.29. The number of aryl methyl sites for hydroxylation is 1. The third-order valence-electron chi connectivity index (χ3n) is 3.20. The van der Waals surface area contributed by atoms with Crippen LogP contribution in [-0.2, 0) is 14.3 Å². The molecule has 1 aliphatic rings. The molecular weight excluding hydrogens is 288 g/mol. The van der Waals surface area contributed by atoms with Gasteiger partial charge in [-0.15, -0.1) is 0 Å². The number of nitrogens with zero attached hydrogens (tertiary/aromatic N) is 1. The SMILES string of the molecule is Cc1ccc(S(=O)(=O)O[C@H]2CCN(CC(F)F)C2)cc1. The van der Waals surface area contributed by atoms with Crippen molar-refractivity contribution in [1.82, 2.24) is 4.90 Å². The molecule has 0 saturated carbocycles. The van der Waals surface area contributed by atoms with Crippen LogP contribution < -0.4 is 0 Å². The molecule has 0 bridgehead atoms. The van der Waals surface area contributed by atoms with Gasteiger partial charge in [0.05, 0.1) is 17.5 Å². The Bertz CT molecular complexity index is 545. The summed E-state index contributed by atoms with van der Waals surface area (Å²) in [5.41, 5.74) is 0.952. The quantitative estimate of drug-likeness (QED) is 0.781. The summed E-state index contributed by atoms with van der Waals surface area (Å²) in [6.45, 7) is 2.16. The highest BCUT2D eigenvalue weighted by Gasteiger charge is 2.29. The Morgan fingerprint density at radius 3 is 2.60 bits per heavy atom. The summed E-state index contributed by atoms with van der Waals surface area (Å²) in [6.07, 6.45) is -2.53. The Balaban J connectivity index is 1.98. The zero-order valence-electron chi connectivity index (χ0n) is 11.1. The van der Waals surface area contributed by atoms with Crippen LogP contribution >= 0.6 is 0 Å². The van der Waals surface area contributed by atoms with E-state index in [4.69, 9.17) is 4.18 Å². The second kappa shape index (κ2) is 6.15. The number of hydrogen-bond acceptors (Lipinski definition) is 4. The minimum Gasteiger partial charge on any atom is -0.295 e. The summed E-state index contributed by atoms with van der Waals surface area (Å²) in [7, 11) is -3.83. The first-order valence-electron chi connectivity index (χ1n) is 6.37. The summed E-state index contributed by atoms with van der Waals surface area (Å²) >= 11 is 0. The van der Waals surface area contributed by atoms with E-state index < -0.39 is 22.6 Å². The topological polar surface area (TPSA) is 46.6 Å². The van der Waals surface area contributed by atoms with E-state index in [0.29, 0.717) is 13.0 Å². The first-order valence-corrected chi connectivity index (χ1v) is 7.78. The lowest BCUT2D eigenvalue weighted by atomic mass is 10.2.